The van der Waals surface area contributed by atoms with Crippen molar-refractivity contribution in [1.29, 1.82) is 0 Å². The largest absolute Gasteiger partial charge is 0.318 e. The van der Waals surface area contributed by atoms with Crippen LogP contribution in [0.4, 0.5) is 5.69 Å². The average molecular weight is 538 g/mol. The summed E-state index contributed by atoms with van der Waals surface area (Å²) < 4.78 is 28.4. The summed E-state index contributed by atoms with van der Waals surface area (Å²) in [7, 11) is -3.73. The zero-order valence-electron chi connectivity index (χ0n) is 17.7. The SMILES string of the molecule is Cc1cc(/C=N/NC(=O)CN(c2ccccc2Cl)S(C)(=O)=O)c(C)n1-c1cccc(Br)c1. The van der Waals surface area contributed by atoms with Gasteiger partial charge in [0.05, 0.1) is 23.2 Å². The van der Waals surface area contributed by atoms with Crippen molar-refractivity contribution < 1.29 is 13.2 Å². The highest BCUT2D eigenvalue weighted by Gasteiger charge is 2.22. The maximum atomic E-state index is 12.4. The number of anilines is 1. The summed E-state index contributed by atoms with van der Waals surface area (Å²) in [6.07, 6.45) is 2.55. The third-order valence-corrected chi connectivity index (χ3v) is 6.68. The van der Waals surface area contributed by atoms with Crippen LogP contribution in [-0.4, -0.2) is 37.9 Å². The van der Waals surface area contributed by atoms with Gasteiger partial charge in [0.25, 0.3) is 5.91 Å². The highest BCUT2D eigenvalue weighted by Crippen LogP contribution is 2.27. The van der Waals surface area contributed by atoms with Crippen molar-refractivity contribution >= 4 is 55.4 Å². The highest BCUT2D eigenvalue weighted by atomic mass is 79.9. The quantitative estimate of drug-likeness (QED) is 0.358. The van der Waals surface area contributed by atoms with Crippen LogP contribution in [0.3, 0.4) is 0 Å². The number of hydrogen-bond donors (Lipinski definition) is 1. The number of aryl methyl sites for hydroxylation is 1. The lowest BCUT2D eigenvalue weighted by atomic mass is 10.2. The second-order valence-corrected chi connectivity index (χ2v) is 10.4. The Bertz CT molecular complexity index is 1290. The van der Waals surface area contributed by atoms with Gasteiger partial charge in [-0.3, -0.25) is 9.10 Å². The Morgan fingerprint density at radius 1 is 1.19 bits per heavy atom. The summed E-state index contributed by atoms with van der Waals surface area (Å²) >= 11 is 9.60. The summed E-state index contributed by atoms with van der Waals surface area (Å²) in [5, 5.41) is 4.25. The number of carbonyl (C=O) groups excluding carboxylic acids is 1. The number of amides is 1. The van der Waals surface area contributed by atoms with E-state index in [1.54, 1.807) is 18.2 Å². The van der Waals surface area contributed by atoms with Crippen molar-refractivity contribution in [1.82, 2.24) is 9.99 Å². The van der Waals surface area contributed by atoms with Crippen molar-refractivity contribution in [3.63, 3.8) is 0 Å². The predicted octanol–water partition coefficient (Wildman–Crippen LogP) is 4.43. The zero-order chi connectivity index (χ0) is 23.5. The van der Waals surface area contributed by atoms with Gasteiger partial charge < -0.3 is 4.57 Å². The van der Waals surface area contributed by atoms with Gasteiger partial charge in [0.15, 0.2) is 0 Å². The minimum atomic E-state index is -3.73. The van der Waals surface area contributed by atoms with E-state index in [0.717, 1.165) is 37.7 Å². The van der Waals surface area contributed by atoms with Gasteiger partial charge in [-0.25, -0.2) is 13.8 Å². The van der Waals surface area contributed by atoms with Crippen LogP contribution in [0.15, 0.2) is 64.2 Å². The fourth-order valence-electron chi connectivity index (χ4n) is 3.31. The van der Waals surface area contributed by atoms with E-state index >= 15 is 0 Å². The molecule has 1 N–H and O–H groups in total. The van der Waals surface area contributed by atoms with Crippen molar-refractivity contribution in [2.45, 2.75) is 13.8 Å². The molecule has 1 aromatic heterocycles. The molecule has 0 aliphatic rings. The van der Waals surface area contributed by atoms with Crippen LogP contribution in [0, 0.1) is 13.8 Å². The number of aromatic nitrogens is 1. The molecule has 1 heterocycles. The first-order valence-electron chi connectivity index (χ1n) is 9.57. The fourth-order valence-corrected chi connectivity index (χ4v) is 4.85. The standard InChI is InChI=1S/C22H22BrClN4O3S/c1-15-11-17(16(2)28(15)19-8-6-7-18(23)12-19)13-25-26-22(29)14-27(32(3,30)31)21-10-5-4-9-20(21)24/h4-13H,14H2,1-3H3,(H,26,29)/b25-13+. The molecule has 3 aromatic rings. The molecule has 0 aliphatic carbocycles. The number of nitrogens with zero attached hydrogens (tertiary/aromatic N) is 3. The van der Waals surface area contributed by atoms with Gasteiger partial charge in [0.2, 0.25) is 10.0 Å². The van der Waals surface area contributed by atoms with Crippen LogP contribution in [0.5, 0.6) is 0 Å². The van der Waals surface area contributed by atoms with Crippen LogP contribution >= 0.6 is 27.5 Å². The van der Waals surface area contributed by atoms with Crippen LogP contribution in [0.1, 0.15) is 17.0 Å². The molecule has 0 bridgehead atoms. The molecule has 168 valence electrons. The Morgan fingerprint density at radius 3 is 2.56 bits per heavy atom. The zero-order valence-corrected chi connectivity index (χ0v) is 20.9. The topological polar surface area (TPSA) is 83.8 Å². The smallest absolute Gasteiger partial charge is 0.260 e. The Balaban J connectivity index is 1.75. The van der Waals surface area contributed by atoms with E-state index in [1.165, 1.54) is 12.3 Å². The number of rotatable bonds is 7. The van der Waals surface area contributed by atoms with Gasteiger partial charge in [-0.05, 0) is 50.2 Å². The van der Waals surface area contributed by atoms with Gasteiger partial charge in [-0.1, -0.05) is 45.7 Å². The molecule has 3 rings (SSSR count). The van der Waals surface area contributed by atoms with Crippen molar-refractivity contribution in [3.05, 3.63) is 81.0 Å². The maximum Gasteiger partial charge on any atom is 0.260 e. The molecule has 7 nitrogen and oxygen atoms in total. The lowest BCUT2D eigenvalue weighted by Crippen LogP contribution is -2.39. The molecule has 0 atom stereocenters. The number of carbonyl (C=O) groups is 1. The van der Waals surface area contributed by atoms with E-state index in [-0.39, 0.29) is 10.7 Å². The molecule has 32 heavy (non-hydrogen) atoms. The third kappa shape index (κ3) is 5.59. The van der Waals surface area contributed by atoms with Crippen molar-refractivity contribution in [2.75, 3.05) is 17.1 Å². The first-order valence-corrected chi connectivity index (χ1v) is 12.6. The minimum absolute atomic E-state index is 0.230. The summed E-state index contributed by atoms with van der Waals surface area (Å²) in [6.45, 7) is 3.49. The molecule has 0 aliphatic heterocycles. The maximum absolute atomic E-state index is 12.4. The summed E-state index contributed by atoms with van der Waals surface area (Å²) in [4.78, 5) is 12.4. The fraction of sp³-hybridized carbons (Fsp3) is 0.182. The van der Waals surface area contributed by atoms with Gasteiger partial charge >= 0.3 is 0 Å². The number of nitrogens with one attached hydrogen (secondary N) is 1. The summed E-state index contributed by atoms with van der Waals surface area (Å²) in [6, 6.07) is 16.3. The van der Waals surface area contributed by atoms with Gasteiger partial charge in [0.1, 0.15) is 6.54 Å². The van der Waals surface area contributed by atoms with E-state index in [9.17, 15) is 13.2 Å². The van der Waals surface area contributed by atoms with Crippen LogP contribution < -0.4 is 9.73 Å². The third-order valence-electron chi connectivity index (χ3n) is 4.74. The van der Waals surface area contributed by atoms with Crippen molar-refractivity contribution in [3.8, 4) is 5.69 Å². The lowest BCUT2D eigenvalue weighted by Gasteiger charge is -2.22. The molecule has 0 unspecified atom stereocenters. The molecule has 0 fully saturated rings. The molecule has 2 aromatic carbocycles. The first kappa shape index (κ1) is 24.0. The molecule has 1 amide bonds. The average Bonchev–Trinajstić information content (AvgIpc) is 2.99. The Hall–Kier alpha value is -2.62. The first-order chi connectivity index (χ1) is 15.1. The lowest BCUT2D eigenvalue weighted by molar-refractivity contribution is -0.119. The van der Waals surface area contributed by atoms with E-state index in [1.807, 2.05) is 44.2 Å². The monoisotopic (exact) mass is 536 g/mol. The molecule has 0 saturated carbocycles. The number of para-hydroxylation sites is 1. The van der Waals surface area contributed by atoms with Crippen molar-refractivity contribution in [2.24, 2.45) is 5.10 Å². The van der Waals surface area contributed by atoms with E-state index in [4.69, 9.17) is 11.6 Å². The number of hydrazone groups is 1. The second-order valence-electron chi connectivity index (χ2n) is 7.16. The van der Waals surface area contributed by atoms with Gasteiger partial charge in [0, 0.05) is 27.1 Å². The van der Waals surface area contributed by atoms with E-state index in [0.29, 0.717) is 0 Å². The second kappa shape index (κ2) is 9.89. The molecule has 0 saturated heterocycles. The summed E-state index contributed by atoms with van der Waals surface area (Å²) in [5.74, 6) is -0.590. The molecule has 0 radical (unpaired) electrons. The van der Waals surface area contributed by atoms with Crippen LogP contribution in [0.2, 0.25) is 5.02 Å². The molecular weight excluding hydrogens is 516 g/mol. The van der Waals surface area contributed by atoms with E-state index in [2.05, 4.69) is 31.0 Å². The number of hydrogen-bond acceptors (Lipinski definition) is 4. The number of sulfonamides is 1. The predicted molar refractivity (Wildman–Crippen MR) is 132 cm³/mol. The minimum Gasteiger partial charge on any atom is -0.318 e. The van der Waals surface area contributed by atoms with Crippen LogP contribution in [-0.2, 0) is 14.8 Å². The number of halogens is 2. The van der Waals surface area contributed by atoms with Gasteiger partial charge in [-0.15, -0.1) is 0 Å². The Labute approximate surface area is 200 Å². The molecule has 0 spiro atoms. The molecule has 10 heteroatoms. The Morgan fingerprint density at radius 2 is 1.91 bits per heavy atom. The van der Waals surface area contributed by atoms with Gasteiger partial charge in [-0.2, -0.15) is 5.10 Å². The Kier molecular flexibility index (Phi) is 7.43. The normalized spacial score (nSPS) is 11.7. The number of benzene rings is 2. The van der Waals surface area contributed by atoms with E-state index < -0.39 is 22.5 Å². The summed E-state index contributed by atoms with van der Waals surface area (Å²) in [5.41, 5.74) is 6.41. The van der Waals surface area contributed by atoms with Crippen LogP contribution in [0.25, 0.3) is 5.69 Å². The molecular formula is C22H22BrClN4O3S. The highest BCUT2D eigenvalue weighted by molar-refractivity contribution is 9.10.